The molecular weight excluding hydrogens is 544 g/mol. The number of benzene rings is 1. The van der Waals surface area contributed by atoms with Crippen molar-refractivity contribution in [1.29, 1.82) is 0 Å². The van der Waals surface area contributed by atoms with Crippen LogP contribution in [0, 0.1) is 0 Å². The van der Waals surface area contributed by atoms with E-state index in [4.69, 9.17) is 0 Å². The lowest BCUT2D eigenvalue weighted by Crippen LogP contribution is -2.63. The summed E-state index contributed by atoms with van der Waals surface area (Å²) in [6.07, 6.45) is 0.910. The third-order valence-electron chi connectivity index (χ3n) is 6.72. The predicted octanol–water partition coefficient (Wildman–Crippen LogP) is 1.24. The Balaban J connectivity index is 0.00000533. The smallest absolute Gasteiger partial charge is 0.251 e. The van der Waals surface area contributed by atoms with Gasteiger partial charge < -0.3 is 26.0 Å². The summed E-state index contributed by atoms with van der Waals surface area (Å²) in [4.78, 5) is 32.3. The van der Waals surface area contributed by atoms with Gasteiger partial charge in [-0.3, -0.25) is 13.9 Å². The lowest BCUT2D eigenvalue weighted by Gasteiger charge is -2.36. The number of hydrogen-bond acceptors (Lipinski definition) is 8. The number of carbonyl (C=O) groups excluding carboxylic acids is 2. The average molecular weight is 583 g/mol. The van der Waals surface area contributed by atoms with Crippen LogP contribution in [0.5, 0.6) is 0 Å². The summed E-state index contributed by atoms with van der Waals surface area (Å²) < 4.78 is 25.4. The van der Waals surface area contributed by atoms with Crippen LogP contribution in [0.2, 0.25) is 0 Å². The molecular formula is C26H39ClN6O5S. The van der Waals surface area contributed by atoms with Crippen LogP contribution in [0.15, 0.2) is 42.5 Å². The Labute approximate surface area is 236 Å². The summed E-state index contributed by atoms with van der Waals surface area (Å²) >= 11 is 0. The van der Waals surface area contributed by atoms with Crippen LogP contribution in [0.4, 0.5) is 11.6 Å². The normalized spacial score (nSPS) is 17.9. The first kappa shape index (κ1) is 32.3. The van der Waals surface area contributed by atoms with Crippen LogP contribution in [0.1, 0.15) is 36.2 Å². The molecule has 3 unspecified atom stereocenters. The Morgan fingerprint density at radius 3 is 2.56 bits per heavy atom. The highest BCUT2D eigenvalue weighted by atomic mass is 35.5. The molecule has 216 valence electrons. The number of pyridine rings is 1. The van der Waals surface area contributed by atoms with Gasteiger partial charge in [0, 0.05) is 38.8 Å². The van der Waals surface area contributed by atoms with Gasteiger partial charge in [-0.05, 0) is 37.5 Å². The quantitative estimate of drug-likeness (QED) is 0.310. The molecule has 1 fully saturated rings. The molecule has 13 heteroatoms. The zero-order chi connectivity index (χ0) is 28.0. The summed E-state index contributed by atoms with van der Waals surface area (Å²) in [6, 6.07) is 10.6. The number of anilines is 2. The summed E-state index contributed by atoms with van der Waals surface area (Å²) in [5.41, 5.74) is 1.04. The standard InChI is InChI=1S/C26H38N6O5S.ClH/c1-6-17(2)28-21-15-19(16-22(30-21)32(4)38(5,36)37)25(34)29-20(14-18-10-8-7-9-11-18)24(33)23-26(35)31(3)13-12-27-23;/h7-11,15-17,20,23-24,27,33H,6,12-14H2,1-5H3,(H,28,30)(H,29,34);1H/t17?,20?,23?,24-;/m0./s1. The van der Waals surface area contributed by atoms with Crippen LogP contribution in [0.25, 0.3) is 0 Å². The number of amides is 2. The van der Waals surface area contributed by atoms with Crippen LogP contribution >= 0.6 is 12.4 Å². The fourth-order valence-electron chi connectivity index (χ4n) is 4.11. The number of nitrogens with one attached hydrogen (secondary N) is 3. The molecule has 4 N–H and O–H groups in total. The lowest BCUT2D eigenvalue weighted by atomic mass is 9.94. The van der Waals surface area contributed by atoms with Gasteiger partial charge in [0.25, 0.3) is 5.91 Å². The van der Waals surface area contributed by atoms with Crippen molar-refractivity contribution in [3.8, 4) is 0 Å². The number of rotatable bonds is 11. The molecule has 11 nitrogen and oxygen atoms in total. The van der Waals surface area contributed by atoms with Crippen molar-refractivity contribution in [3.63, 3.8) is 0 Å². The molecule has 1 aliphatic rings. The number of aliphatic hydroxyl groups is 1. The Morgan fingerprint density at radius 2 is 1.95 bits per heavy atom. The third-order valence-corrected chi connectivity index (χ3v) is 7.91. The summed E-state index contributed by atoms with van der Waals surface area (Å²) in [7, 11) is -0.588. The second kappa shape index (κ2) is 13.9. The molecule has 1 aromatic heterocycles. The maximum absolute atomic E-state index is 13.5. The van der Waals surface area contributed by atoms with E-state index in [0.29, 0.717) is 18.9 Å². The molecule has 0 aliphatic carbocycles. The highest BCUT2D eigenvalue weighted by Gasteiger charge is 2.37. The number of nitrogens with zero attached hydrogens (tertiary/aromatic N) is 3. The molecule has 1 aliphatic heterocycles. The molecule has 1 saturated heterocycles. The van der Waals surface area contributed by atoms with Crippen molar-refractivity contribution in [2.45, 2.75) is 50.9 Å². The molecule has 0 saturated carbocycles. The van der Waals surface area contributed by atoms with Gasteiger partial charge >= 0.3 is 0 Å². The largest absolute Gasteiger partial charge is 0.389 e. The number of aromatic nitrogens is 1. The molecule has 3 rings (SSSR count). The van der Waals surface area contributed by atoms with E-state index in [1.807, 2.05) is 44.2 Å². The Bertz CT molecular complexity index is 1230. The zero-order valence-electron chi connectivity index (χ0n) is 22.9. The molecule has 39 heavy (non-hydrogen) atoms. The number of aliphatic hydroxyl groups excluding tert-OH is 1. The van der Waals surface area contributed by atoms with E-state index in [2.05, 4.69) is 20.9 Å². The van der Waals surface area contributed by atoms with Gasteiger partial charge in [-0.2, -0.15) is 0 Å². The topological polar surface area (TPSA) is 144 Å². The van der Waals surface area contributed by atoms with Crippen molar-refractivity contribution < 1.29 is 23.1 Å². The Hall–Kier alpha value is -2.93. The third kappa shape index (κ3) is 8.53. The number of carbonyl (C=O) groups is 2. The SMILES string of the molecule is CCC(C)Nc1cc(C(=O)NC(Cc2ccccc2)[C@H](O)C2NCCN(C)C2=O)cc(N(C)S(C)(=O)=O)n1.Cl. The minimum absolute atomic E-state index is 0. The second-order valence-electron chi connectivity index (χ2n) is 9.74. The van der Waals surface area contributed by atoms with E-state index in [1.54, 1.807) is 18.0 Å². The number of hydrogen-bond donors (Lipinski definition) is 4. The fourth-order valence-corrected chi connectivity index (χ4v) is 4.54. The van der Waals surface area contributed by atoms with Crippen LogP contribution in [0.3, 0.4) is 0 Å². The first-order valence-corrected chi connectivity index (χ1v) is 14.5. The highest BCUT2D eigenvalue weighted by molar-refractivity contribution is 7.92. The lowest BCUT2D eigenvalue weighted by molar-refractivity contribution is -0.138. The predicted molar refractivity (Wildman–Crippen MR) is 155 cm³/mol. The molecule has 1 aromatic carbocycles. The monoisotopic (exact) mass is 582 g/mol. The van der Waals surface area contributed by atoms with E-state index in [1.165, 1.54) is 13.1 Å². The molecule has 0 bridgehead atoms. The Kier molecular flexibility index (Phi) is 11.5. The molecule has 2 aromatic rings. The van der Waals surface area contributed by atoms with E-state index in [-0.39, 0.29) is 42.2 Å². The molecule has 0 radical (unpaired) electrons. The van der Waals surface area contributed by atoms with Gasteiger partial charge in [0.05, 0.1) is 18.4 Å². The minimum atomic E-state index is -3.63. The van der Waals surface area contributed by atoms with Crippen LogP contribution in [-0.2, 0) is 21.2 Å². The van der Waals surface area contributed by atoms with Crippen LogP contribution in [-0.4, -0.2) is 92.9 Å². The van der Waals surface area contributed by atoms with Gasteiger partial charge in [-0.1, -0.05) is 37.3 Å². The highest BCUT2D eigenvalue weighted by Crippen LogP contribution is 2.21. The molecule has 2 amide bonds. The number of likely N-dealkylation sites (N-methyl/N-ethyl adjacent to an activating group) is 1. The van der Waals surface area contributed by atoms with Crippen molar-refractivity contribution >= 4 is 45.9 Å². The first-order valence-electron chi connectivity index (χ1n) is 12.6. The minimum Gasteiger partial charge on any atom is -0.389 e. The number of halogens is 1. The maximum Gasteiger partial charge on any atom is 0.251 e. The van der Waals surface area contributed by atoms with Crippen molar-refractivity contribution in [1.82, 2.24) is 20.5 Å². The van der Waals surface area contributed by atoms with Gasteiger partial charge in [0.15, 0.2) is 0 Å². The number of sulfonamides is 1. The van der Waals surface area contributed by atoms with E-state index in [0.717, 1.165) is 22.5 Å². The van der Waals surface area contributed by atoms with Crippen molar-refractivity contribution in [2.75, 3.05) is 43.1 Å². The molecule has 2 heterocycles. The fraction of sp³-hybridized carbons (Fsp3) is 0.500. The summed E-state index contributed by atoms with van der Waals surface area (Å²) in [5, 5.41) is 20.4. The van der Waals surface area contributed by atoms with Gasteiger partial charge in [-0.15, -0.1) is 12.4 Å². The molecule has 4 atom stereocenters. The van der Waals surface area contributed by atoms with Gasteiger partial charge in [0.2, 0.25) is 15.9 Å². The van der Waals surface area contributed by atoms with Gasteiger partial charge in [0.1, 0.15) is 17.7 Å². The average Bonchev–Trinajstić information content (AvgIpc) is 2.88. The van der Waals surface area contributed by atoms with E-state index in [9.17, 15) is 23.1 Å². The van der Waals surface area contributed by atoms with Crippen molar-refractivity contribution in [3.05, 3.63) is 53.6 Å². The zero-order valence-corrected chi connectivity index (χ0v) is 24.6. The second-order valence-corrected chi connectivity index (χ2v) is 11.7. The molecule has 0 spiro atoms. The van der Waals surface area contributed by atoms with Gasteiger partial charge in [-0.25, -0.2) is 13.4 Å². The first-order chi connectivity index (χ1) is 17.9. The summed E-state index contributed by atoms with van der Waals surface area (Å²) in [5.74, 6) is -0.350. The maximum atomic E-state index is 13.5. The van der Waals surface area contributed by atoms with E-state index < -0.39 is 34.1 Å². The Morgan fingerprint density at radius 1 is 1.28 bits per heavy atom. The van der Waals surface area contributed by atoms with Crippen LogP contribution < -0.4 is 20.3 Å². The van der Waals surface area contributed by atoms with E-state index >= 15 is 0 Å². The summed E-state index contributed by atoms with van der Waals surface area (Å²) in [6.45, 7) is 4.99. The number of piperazine rings is 1. The van der Waals surface area contributed by atoms with Crippen molar-refractivity contribution in [2.24, 2.45) is 0 Å².